The summed E-state index contributed by atoms with van der Waals surface area (Å²) in [7, 11) is 0. The number of benzene rings is 3. The molecule has 0 unspecified atom stereocenters. The van der Waals surface area contributed by atoms with E-state index in [-0.39, 0.29) is 12.3 Å². The Morgan fingerprint density at radius 2 is 1.72 bits per heavy atom. The lowest BCUT2D eigenvalue weighted by Gasteiger charge is -2.03. The van der Waals surface area contributed by atoms with Crippen LogP contribution >= 0.6 is 0 Å². The molecule has 1 aromatic heterocycles. The van der Waals surface area contributed by atoms with Crippen molar-refractivity contribution in [3.8, 4) is 11.4 Å². The number of aromatic nitrogens is 4. The second kappa shape index (κ2) is 6.28. The van der Waals surface area contributed by atoms with Gasteiger partial charge in [-0.25, -0.2) is 0 Å². The zero-order chi connectivity index (χ0) is 17.2. The Kier molecular flexibility index (Phi) is 3.82. The molecule has 3 aromatic carbocycles. The maximum Gasteiger partial charge on any atom is 0.205 e. The Morgan fingerprint density at radius 1 is 0.960 bits per heavy atom. The van der Waals surface area contributed by atoms with Crippen LogP contribution in [0.2, 0.25) is 0 Å². The average molecular weight is 328 g/mol. The van der Waals surface area contributed by atoms with E-state index in [0.29, 0.717) is 11.4 Å². The van der Waals surface area contributed by atoms with E-state index in [2.05, 4.69) is 15.4 Å². The maximum atomic E-state index is 12.5. The Labute approximate surface area is 144 Å². The molecule has 122 valence electrons. The molecular formula is C20H16N4O. The first-order valence-corrected chi connectivity index (χ1v) is 8.06. The smallest absolute Gasteiger partial charge is 0.205 e. The van der Waals surface area contributed by atoms with E-state index in [1.165, 1.54) is 4.80 Å². The number of hydrogen-bond acceptors (Lipinski definition) is 4. The molecule has 0 aliphatic rings. The number of aryl methyl sites for hydroxylation is 1. The number of carbonyl (C=O) groups is 1. The van der Waals surface area contributed by atoms with Crippen molar-refractivity contribution >= 4 is 16.6 Å². The van der Waals surface area contributed by atoms with E-state index < -0.39 is 0 Å². The molecule has 0 atom stereocenters. The second-order valence-corrected chi connectivity index (χ2v) is 5.94. The second-order valence-electron chi connectivity index (χ2n) is 5.94. The summed E-state index contributed by atoms with van der Waals surface area (Å²) in [6.45, 7) is 2.06. The van der Waals surface area contributed by atoms with Crippen LogP contribution in [-0.2, 0) is 6.54 Å². The molecule has 5 nitrogen and oxygen atoms in total. The van der Waals surface area contributed by atoms with Gasteiger partial charge in [0.2, 0.25) is 5.82 Å². The van der Waals surface area contributed by atoms with Gasteiger partial charge in [0.15, 0.2) is 5.78 Å². The molecule has 4 aromatic rings. The highest BCUT2D eigenvalue weighted by molar-refractivity contribution is 5.99. The largest absolute Gasteiger partial charge is 0.292 e. The molecule has 0 bridgehead atoms. The standard InChI is InChI=1S/C20H16N4O/c1-14-6-2-5-9-18(14)20-21-23-24(22-20)13-19(25)17-11-10-15-7-3-4-8-16(15)12-17/h2-12H,13H2,1H3. The monoisotopic (exact) mass is 328 g/mol. The Morgan fingerprint density at radius 3 is 2.56 bits per heavy atom. The van der Waals surface area contributed by atoms with Crippen molar-refractivity contribution < 1.29 is 4.79 Å². The fourth-order valence-electron chi connectivity index (χ4n) is 2.82. The summed E-state index contributed by atoms with van der Waals surface area (Å²) < 4.78 is 0. The molecule has 0 N–H and O–H groups in total. The summed E-state index contributed by atoms with van der Waals surface area (Å²) in [6, 6.07) is 21.5. The molecule has 0 saturated heterocycles. The van der Waals surface area contributed by atoms with Crippen LogP contribution in [0.1, 0.15) is 15.9 Å². The Hall–Kier alpha value is -3.34. The van der Waals surface area contributed by atoms with Crippen LogP contribution < -0.4 is 0 Å². The summed E-state index contributed by atoms with van der Waals surface area (Å²) >= 11 is 0. The summed E-state index contributed by atoms with van der Waals surface area (Å²) in [4.78, 5) is 13.9. The highest BCUT2D eigenvalue weighted by Crippen LogP contribution is 2.19. The minimum atomic E-state index is -0.0421. The van der Waals surface area contributed by atoms with Crippen molar-refractivity contribution in [1.29, 1.82) is 0 Å². The van der Waals surface area contributed by atoms with Gasteiger partial charge in [-0.15, -0.1) is 10.2 Å². The van der Waals surface area contributed by atoms with E-state index in [0.717, 1.165) is 21.9 Å². The lowest BCUT2D eigenvalue weighted by molar-refractivity contribution is 0.0961. The van der Waals surface area contributed by atoms with Gasteiger partial charge >= 0.3 is 0 Å². The molecule has 5 heteroatoms. The van der Waals surface area contributed by atoms with E-state index in [1.807, 2.05) is 73.7 Å². The van der Waals surface area contributed by atoms with Crippen LogP contribution in [0.25, 0.3) is 22.2 Å². The minimum absolute atomic E-state index is 0.0421. The molecule has 0 saturated carbocycles. The zero-order valence-electron chi connectivity index (χ0n) is 13.8. The molecule has 0 amide bonds. The first kappa shape index (κ1) is 15.2. The van der Waals surface area contributed by atoms with E-state index in [4.69, 9.17) is 0 Å². The SMILES string of the molecule is Cc1ccccc1-c1nnn(CC(=O)c2ccc3ccccc3c2)n1. The van der Waals surface area contributed by atoms with Gasteiger partial charge in [0, 0.05) is 11.1 Å². The van der Waals surface area contributed by atoms with Gasteiger partial charge in [-0.1, -0.05) is 60.7 Å². The van der Waals surface area contributed by atoms with Crippen LogP contribution in [-0.4, -0.2) is 26.0 Å². The van der Waals surface area contributed by atoms with E-state index in [1.54, 1.807) is 0 Å². The van der Waals surface area contributed by atoms with Gasteiger partial charge in [0.1, 0.15) is 6.54 Å². The number of Topliss-reactive ketones (excluding diaryl/α,β-unsaturated/α-hetero) is 1. The lowest BCUT2D eigenvalue weighted by Crippen LogP contribution is -2.13. The number of hydrogen-bond donors (Lipinski definition) is 0. The van der Waals surface area contributed by atoms with Crippen molar-refractivity contribution in [3.05, 3.63) is 77.9 Å². The molecule has 0 radical (unpaired) electrons. The Bertz CT molecular complexity index is 1070. The molecule has 0 fully saturated rings. The summed E-state index contributed by atoms with van der Waals surface area (Å²) in [5.41, 5.74) is 2.64. The van der Waals surface area contributed by atoms with Gasteiger partial charge in [-0.2, -0.15) is 4.80 Å². The molecule has 0 aliphatic heterocycles. The number of ketones is 1. The number of rotatable bonds is 4. The third-order valence-corrected chi connectivity index (χ3v) is 4.20. The van der Waals surface area contributed by atoms with Gasteiger partial charge in [-0.3, -0.25) is 4.79 Å². The predicted octanol–water partition coefficient (Wildman–Crippen LogP) is 3.68. The first-order valence-electron chi connectivity index (χ1n) is 8.06. The molecule has 1 heterocycles. The topological polar surface area (TPSA) is 60.7 Å². The van der Waals surface area contributed by atoms with Gasteiger partial charge in [0.05, 0.1) is 0 Å². The lowest BCUT2D eigenvalue weighted by atomic mass is 10.0. The van der Waals surface area contributed by atoms with Crippen molar-refractivity contribution in [2.45, 2.75) is 13.5 Å². The maximum absolute atomic E-state index is 12.5. The third-order valence-electron chi connectivity index (χ3n) is 4.20. The molecule has 25 heavy (non-hydrogen) atoms. The molecule has 4 rings (SSSR count). The van der Waals surface area contributed by atoms with Crippen LogP contribution in [0, 0.1) is 6.92 Å². The van der Waals surface area contributed by atoms with Crippen LogP contribution in [0.5, 0.6) is 0 Å². The third kappa shape index (κ3) is 3.04. The molecule has 0 aliphatic carbocycles. The average Bonchev–Trinajstić information content (AvgIpc) is 3.10. The zero-order valence-corrected chi connectivity index (χ0v) is 13.8. The fraction of sp³-hybridized carbons (Fsp3) is 0.100. The van der Waals surface area contributed by atoms with Gasteiger partial charge in [0.25, 0.3) is 0 Å². The normalized spacial score (nSPS) is 10.9. The van der Waals surface area contributed by atoms with E-state index in [9.17, 15) is 4.79 Å². The number of carbonyl (C=O) groups excluding carboxylic acids is 1. The summed E-state index contributed by atoms with van der Waals surface area (Å²) in [5.74, 6) is 0.490. The number of fused-ring (bicyclic) bond motifs is 1. The Balaban J connectivity index is 1.57. The van der Waals surface area contributed by atoms with Crippen molar-refractivity contribution in [1.82, 2.24) is 20.2 Å². The molecular weight excluding hydrogens is 312 g/mol. The van der Waals surface area contributed by atoms with E-state index >= 15 is 0 Å². The van der Waals surface area contributed by atoms with Crippen molar-refractivity contribution in [2.75, 3.05) is 0 Å². The fourth-order valence-corrected chi connectivity index (χ4v) is 2.82. The summed E-state index contributed by atoms with van der Waals surface area (Å²) in [6.07, 6.45) is 0. The van der Waals surface area contributed by atoms with Crippen LogP contribution in [0.4, 0.5) is 0 Å². The molecule has 0 spiro atoms. The highest BCUT2D eigenvalue weighted by Gasteiger charge is 2.12. The quantitative estimate of drug-likeness (QED) is 0.536. The highest BCUT2D eigenvalue weighted by atomic mass is 16.1. The van der Waals surface area contributed by atoms with Gasteiger partial charge < -0.3 is 0 Å². The number of tetrazole rings is 1. The van der Waals surface area contributed by atoms with Crippen molar-refractivity contribution in [2.24, 2.45) is 0 Å². The van der Waals surface area contributed by atoms with Crippen LogP contribution in [0.3, 0.4) is 0 Å². The predicted molar refractivity (Wildman–Crippen MR) is 96.3 cm³/mol. The minimum Gasteiger partial charge on any atom is -0.292 e. The van der Waals surface area contributed by atoms with Crippen molar-refractivity contribution in [3.63, 3.8) is 0 Å². The number of nitrogens with zero attached hydrogens (tertiary/aromatic N) is 4. The van der Waals surface area contributed by atoms with Crippen LogP contribution in [0.15, 0.2) is 66.7 Å². The first-order chi connectivity index (χ1) is 12.2. The summed E-state index contributed by atoms with van der Waals surface area (Å²) in [5, 5.41) is 14.6. The van der Waals surface area contributed by atoms with Gasteiger partial charge in [-0.05, 0) is 34.5 Å².